The zero-order chi connectivity index (χ0) is 11.7. The average Bonchev–Trinajstić information content (AvgIpc) is 2.23. The standard InChI is InChI=1S/C12H24O3/c1-3-5-8-12(4-2,11(14)15)9-6-7-10-13/h13H,3-10H2,1-2H3,(H,14,15). The molecule has 3 nitrogen and oxygen atoms in total. The van der Waals surface area contributed by atoms with Crippen LogP contribution in [0.25, 0.3) is 0 Å². The third kappa shape index (κ3) is 4.65. The molecule has 0 saturated carbocycles. The van der Waals surface area contributed by atoms with Gasteiger partial charge in [0, 0.05) is 6.61 Å². The van der Waals surface area contributed by atoms with Crippen LogP contribution in [0.1, 0.15) is 58.8 Å². The van der Waals surface area contributed by atoms with Gasteiger partial charge in [0.2, 0.25) is 0 Å². The monoisotopic (exact) mass is 216 g/mol. The molecule has 0 aromatic rings. The number of rotatable bonds is 9. The Morgan fingerprint density at radius 3 is 2.13 bits per heavy atom. The summed E-state index contributed by atoms with van der Waals surface area (Å²) in [5.41, 5.74) is -0.550. The molecular formula is C12H24O3. The van der Waals surface area contributed by atoms with Crippen LogP contribution in [0.5, 0.6) is 0 Å². The topological polar surface area (TPSA) is 57.5 Å². The number of carbonyl (C=O) groups is 1. The molecule has 0 saturated heterocycles. The summed E-state index contributed by atoms with van der Waals surface area (Å²) in [5.74, 6) is -0.670. The largest absolute Gasteiger partial charge is 0.481 e. The Morgan fingerprint density at radius 2 is 1.73 bits per heavy atom. The fraction of sp³-hybridized carbons (Fsp3) is 0.917. The molecule has 0 aromatic heterocycles. The second-order valence-electron chi connectivity index (χ2n) is 4.22. The predicted molar refractivity (Wildman–Crippen MR) is 60.8 cm³/mol. The lowest BCUT2D eigenvalue weighted by atomic mass is 9.76. The predicted octanol–water partition coefficient (Wildman–Crippen LogP) is 2.82. The van der Waals surface area contributed by atoms with Gasteiger partial charge in [0.15, 0.2) is 0 Å². The van der Waals surface area contributed by atoms with Crippen molar-refractivity contribution in [1.29, 1.82) is 0 Å². The molecule has 1 atom stereocenters. The molecule has 90 valence electrons. The second-order valence-corrected chi connectivity index (χ2v) is 4.22. The zero-order valence-electron chi connectivity index (χ0n) is 9.96. The Balaban J connectivity index is 4.30. The van der Waals surface area contributed by atoms with E-state index in [1.54, 1.807) is 0 Å². The second kappa shape index (κ2) is 7.69. The maximum absolute atomic E-state index is 11.3. The summed E-state index contributed by atoms with van der Waals surface area (Å²) in [6.45, 7) is 4.19. The van der Waals surface area contributed by atoms with E-state index >= 15 is 0 Å². The van der Waals surface area contributed by atoms with E-state index in [0.717, 1.165) is 25.7 Å². The van der Waals surface area contributed by atoms with Gasteiger partial charge in [-0.1, -0.05) is 33.1 Å². The molecule has 0 rings (SSSR count). The van der Waals surface area contributed by atoms with Crippen LogP contribution >= 0.6 is 0 Å². The van der Waals surface area contributed by atoms with Crippen molar-refractivity contribution in [2.45, 2.75) is 58.8 Å². The van der Waals surface area contributed by atoms with Crippen molar-refractivity contribution in [3.05, 3.63) is 0 Å². The molecule has 2 N–H and O–H groups in total. The van der Waals surface area contributed by atoms with Crippen molar-refractivity contribution in [2.24, 2.45) is 5.41 Å². The molecular weight excluding hydrogens is 192 g/mol. The first-order valence-corrected chi connectivity index (χ1v) is 5.97. The Bertz CT molecular complexity index is 180. The van der Waals surface area contributed by atoms with E-state index in [0.29, 0.717) is 19.3 Å². The minimum Gasteiger partial charge on any atom is -0.481 e. The van der Waals surface area contributed by atoms with Gasteiger partial charge in [-0.3, -0.25) is 4.79 Å². The Kier molecular flexibility index (Phi) is 7.39. The van der Waals surface area contributed by atoms with Crippen molar-refractivity contribution in [3.63, 3.8) is 0 Å². The van der Waals surface area contributed by atoms with Gasteiger partial charge in [-0.05, 0) is 25.7 Å². The molecule has 0 aliphatic carbocycles. The lowest BCUT2D eigenvalue weighted by Gasteiger charge is -2.28. The van der Waals surface area contributed by atoms with Crippen molar-refractivity contribution >= 4 is 5.97 Å². The number of hydrogen-bond donors (Lipinski definition) is 2. The zero-order valence-corrected chi connectivity index (χ0v) is 9.96. The van der Waals surface area contributed by atoms with Gasteiger partial charge in [-0.25, -0.2) is 0 Å². The van der Waals surface area contributed by atoms with E-state index in [9.17, 15) is 9.90 Å². The Hall–Kier alpha value is -0.570. The number of unbranched alkanes of at least 4 members (excludes halogenated alkanes) is 2. The van der Waals surface area contributed by atoms with E-state index in [1.165, 1.54) is 0 Å². The number of aliphatic hydroxyl groups is 1. The summed E-state index contributed by atoms with van der Waals surface area (Å²) in [5, 5.41) is 18.0. The van der Waals surface area contributed by atoms with Gasteiger partial charge in [-0.15, -0.1) is 0 Å². The molecule has 0 aromatic carbocycles. The molecule has 0 spiro atoms. The molecule has 1 unspecified atom stereocenters. The van der Waals surface area contributed by atoms with Crippen molar-refractivity contribution < 1.29 is 15.0 Å². The lowest BCUT2D eigenvalue weighted by Crippen LogP contribution is -2.30. The first-order valence-electron chi connectivity index (χ1n) is 5.97. The number of aliphatic hydroxyl groups excluding tert-OH is 1. The van der Waals surface area contributed by atoms with Crippen LogP contribution in [0.4, 0.5) is 0 Å². The summed E-state index contributed by atoms with van der Waals surface area (Å²) in [6.07, 6.45) is 5.67. The molecule has 0 fully saturated rings. The van der Waals surface area contributed by atoms with Crippen molar-refractivity contribution in [1.82, 2.24) is 0 Å². The van der Waals surface area contributed by atoms with Crippen molar-refractivity contribution in [2.75, 3.05) is 6.61 Å². The van der Waals surface area contributed by atoms with E-state index in [1.807, 2.05) is 6.92 Å². The van der Waals surface area contributed by atoms with E-state index < -0.39 is 11.4 Å². The van der Waals surface area contributed by atoms with Gasteiger partial charge in [0.1, 0.15) is 0 Å². The summed E-state index contributed by atoms with van der Waals surface area (Å²) in [4.78, 5) is 11.3. The first-order chi connectivity index (χ1) is 7.13. The van der Waals surface area contributed by atoms with Crippen LogP contribution in [-0.2, 0) is 4.79 Å². The maximum atomic E-state index is 11.3. The number of hydrogen-bond acceptors (Lipinski definition) is 2. The third-order valence-electron chi connectivity index (χ3n) is 3.20. The van der Waals surface area contributed by atoms with Gasteiger partial charge < -0.3 is 10.2 Å². The normalized spacial score (nSPS) is 14.9. The lowest BCUT2D eigenvalue weighted by molar-refractivity contribution is -0.150. The van der Waals surface area contributed by atoms with Crippen LogP contribution < -0.4 is 0 Å². The SMILES string of the molecule is CCCCC(CC)(CCCCO)C(=O)O. The smallest absolute Gasteiger partial charge is 0.309 e. The fourth-order valence-electron chi connectivity index (χ4n) is 1.93. The molecule has 0 aliphatic rings. The average molecular weight is 216 g/mol. The summed E-state index contributed by atoms with van der Waals surface area (Å²) in [7, 11) is 0. The number of carboxylic acid groups (broad SMARTS) is 1. The highest BCUT2D eigenvalue weighted by atomic mass is 16.4. The third-order valence-corrected chi connectivity index (χ3v) is 3.20. The van der Waals surface area contributed by atoms with Gasteiger partial charge in [0.25, 0.3) is 0 Å². The van der Waals surface area contributed by atoms with E-state index in [4.69, 9.17) is 5.11 Å². The van der Waals surface area contributed by atoms with Crippen LogP contribution in [0.15, 0.2) is 0 Å². The van der Waals surface area contributed by atoms with Crippen LogP contribution in [0.2, 0.25) is 0 Å². The molecule has 3 heteroatoms. The van der Waals surface area contributed by atoms with Crippen LogP contribution in [0.3, 0.4) is 0 Å². The number of carboxylic acids is 1. The van der Waals surface area contributed by atoms with Crippen LogP contribution in [-0.4, -0.2) is 22.8 Å². The molecule has 0 radical (unpaired) electrons. The Morgan fingerprint density at radius 1 is 1.13 bits per heavy atom. The maximum Gasteiger partial charge on any atom is 0.309 e. The van der Waals surface area contributed by atoms with Gasteiger partial charge in [0.05, 0.1) is 5.41 Å². The molecule has 15 heavy (non-hydrogen) atoms. The molecule has 0 bridgehead atoms. The van der Waals surface area contributed by atoms with Gasteiger partial charge >= 0.3 is 5.97 Å². The minimum absolute atomic E-state index is 0.160. The highest BCUT2D eigenvalue weighted by Gasteiger charge is 2.34. The first kappa shape index (κ1) is 14.4. The number of aliphatic carboxylic acids is 1. The molecule has 0 amide bonds. The van der Waals surface area contributed by atoms with Crippen molar-refractivity contribution in [3.8, 4) is 0 Å². The van der Waals surface area contributed by atoms with Gasteiger partial charge in [-0.2, -0.15) is 0 Å². The van der Waals surface area contributed by atoms with E-state index in [2.05, 4.69) is 6.92 Å². The van der Waals surface area contributed by atoms with Crippen LogP contribution in [0, 0.1) is 5.41 Å². The molecule has 0 aliphatic heterocycles. The highest BCUT2D eigenvalue weighted by Crippen LogP contribution is 2.34. The fourth-order valence-corrected chi connectivity index (χ4v) is 1.93. The molecule has 0 heterocycles. The summed E-state index contributed by atoms with van der Waals surface area (Å²) in [6, 6.07) is 0. The van der Waals surface area contributed by atoms with E-state index in [-0.39, 0.29) is 6.61 Å². The minimum atomic E-state index is -0.670. The Labute approximate surface area is 92.5 Å². The summed E-state index contributed by atoms with van der Waals surface area (Å²) < 4.78 is 0. The quantitative estimate of drug-likeness (QED) is 0.583. The summed E-state index contributed by atoms with van der Waals surface area (Å²) >= 11 is 0. The highest BCUT2D eigenvalue weighted by molar-refractivity contribution is 5.74.